The summed E-state index contributed by atoms with van der Waals surface area (Å²) in [4.78, 5) is 9.15. The lowest BCUT2D eigenvalue weighted by Crippen LogP contribution is -2.05. The molecule has 4 nitrogen and oxygen atoms in total. The van der Waals surface area contributed by atoms with E-state index in [1.54, 1.807) is 18.6 Å². The van der Waals surface area contributed by atoms with Crippen LogP contribution in [0.2, 0.25) is 0 Å². The topological polar surface area (TPSA) is 61.0 Å². The van der Waals surface area contributed by atoms with E-state index in [1.165, 1.54) is 11.3 Å². The highest BCUT2D eigenvalue weighted by Crippen LogP contribution is 2.28. The lowest BCUT2D eigenvalue weighted by molar-refractivity contribution is 0.241. The number of hydrogen-bond donors (Lipinski definition) is 1. The molecule has 2 aromatic heterocycles. The highest BCUT2D eigenvalue weighted by molar-refractivity contribution is 7.18. The van der Waals surface area contributed by atoms with Crippen molar-refractivity contribution in [1.29, 1.82) is 0 Å². The summed E-state index contributed by atoms with van der Waals surface area (Å²) in [6.07, 6.45) is 5.37. The molecule has 0 aromatic carbocycles. The van der Waals surface area contributed by atoms with Crippen molar-refractivity contribution < 1.29 is 4.74 Å². The summed E-state index contributed by atoms with van der Waals surface area (Å²) in [5.74, 6) is 0.763. The van der Waals surface area contributed by atoms with Crippen LogP contribution in [0.3, 0.4) is 0 Å². The van der Waals surface area contributed by atoms with Gasteiger partial charge in [-0.15, -0.1) is 0 Å². The molecular weight excluding hydrogens is 222 g/mol. The quantitative estimate of drug-likeness (QED) is 0.888. The average Bonchev–Trinajstić information content (AvgIpc) is 2.64. The molecule has 5 heteroatoms. The Morgan fingerprint density at radius 3 is 2.75 bits per heavy atom. The van der Waals surface area contributed by atoms with E-state index in [2.05, 4.69) is 9.97 Å². The predicted molar refractivity (Wildman–Crippen MR) is 65.5 cm³/mol. The van der Waals surface area contributed by atoms with E-state index in [-0.39, 0.29) is 6.10 Å². The van der Waals surface area contributed by atoms with Gasteiger partial charge in [-0.1, -0.05) is 11.3 Å². The molecule has 2 rings (SSSR count). The van der Waals surface area contributed by atoms with Crippen molar-refractivity contribution in [3.8, 4) is 16.2 Å². The smallest absolute Gasteiger partial charge is 0.180 e. The minimum atomic E-state index is 0.142. The van der Waals surface area contributed by atoms with Gasteiger partial charge in [0.1, 0.15) is 5.75 Å². The Labute approximate surface area is 98.1 Å². The first-order valence-corrected chi connectivity index (χ1v) is 5.80. The number of nitrogens with two attached hydrogens (primary N) is 1. The van der Waals surface area contributed by atoms with E-state index >= 15 is 0 Å². The number of pyridine rings is 1. The Bertz CT molecular complexity index is 482. The summed E-state index contributed by atoms with van der Waals surface area (Å²) in [5, 5.41) is 0.560. The molecule has 0 unspecified atom stereocenters. The first kappa shape index (κ1) is 10.9. The van der Waals surface area contributed by atoms with E-state index in [0.29, 0.717) is 5.13 Å². The van der Waals surface area contributed by atoms with Gasteiger partial charge in [0.2, 0.25) is 0 Å². The minimum absolute atomic E-state index is 0.142. The van der Waals surface area contributed by atoms with Gasteiger partial charge in [-0.3, -0.25) is 4.98 Å². The van der Waals surface area contributed by atoms with E-state index in [4.69, 9.17) is 10.5 Å². The van der Waals surface area contributed by atoms with Crippen LogP contribution in [-0.2, 0) is 0 Å². The second-order valence-corrected chi connectivity index (χ2v) is 4.70. The average molecular weight is 235 g/mol. The third kappa shape index (κ3) is 2.49. The van der Waals surface area contributed by atoms with Crippen molar-refractivity contribution in [3.05, 3.63) is 24.7 Å². The SMILES string of the molecule is CC(C)Oc1cncc(-c2cnc(N)s2)c1. The molecule has 0 saturated heterocycles. The number of hydrogen-bond acceptors (Lipinski definition) is 5. The molecule has 0 bridgehead atoms. The fraction of sp³-hybridized carbons (Fsp3) is 0.273. The molecular formula is C11H13N3OS. The van der Waals surface area contributed by atoms with Crippen molar-refractivity contribution in [2.45, 2.75) is 20.0 Å². The van der Waals surface area contributed by atoms with E-state index in [0.717, 1.165) is 16.2 Å². The molecule has 0 aliphatic carbocycles. The van der Waals surface area contributed by atoms with Crippen LogP contribution in [0.4, 0.5) is 5.13 Å². The molecule has 2 N–H and O–H groups in total. The molecule has 0 fully saturated rings. The molecule has 0 spiro atoms. The summed E-state index contributed by atoms with van der Waals surface area (Å²) < 4.78 is 5.57. The molecule has 0 saturated carbocycles. The summed E-state index contributed by atoms with van der Waals surface area (Å²) in [5.41, 5.74) is 6.57. The second kappa shape index (κ2) is 4.49. The van der Waals surface area contributed by atoms with Crippen molar-refractivity contribution in [3.63, 3.8) is 0 Å². The molecule has 0 atom stereocenters. The van der Waals surface area contributed by atoms with Crippen LogP contribution in [-0.4, -0.2) is 16.1 Å². The van der Waals surface area contributed by atoms with Gasteiger partial charge in [0.15, 0.2) is 5.13 Å². The highest BCUT2D eigenvalue weighted by Gasteiger charge is 2.05. The van der Waals surface area contributed by atoms with Crippen LogP contribution in [0.15, 0.2) is 24.7 Å². The molecule has 16 heavy (non-hydrogen) atoms. The first-order chi connectivity index (χ1) is 7.65. The van der Waals surface area contributed by atoms with Gasteiger partial charge in [0.25, 0.3) is 0 Å². The number of anilines is 1. The predicted octanol–water partition coefficient (Wildman–Crippen LogP) is 2.57. The van der Waals surface area contributed by atoms with E-state index < -0.39 is 0 Å². The minimum Gasteiger partial charge on any atom is -0.489 e. The highest BCUT2D eigenvalue weighted by atomic mass is 32.1. The summed E-state index contributed by atoms with van der Waals surface area (Å²) in [6.45, 7) is 3.97. The summed E-state index contributed by atoms with van der Waals surface area (Å²) >= 11 is 1.44. The maximum absolute atomic E-state index is 5.59. The van der Waals surface area contributed by atoms with Gasteiger partial charge in [0.05, 0.1) is 17.2 Å². The molecule has 0 radical (unpaired) electrons. The van der Waals surface area contributed by atoms with Crippen LogP contribution in [0, 0.1) is 0 Å². The molecule has 84 valence electrons. The zero-order chi connectivity index (χ0) is 11.5. The monoisotopic (exact) mass is 235 g/mol. The Morgan fingerprint density at radius 2 is 2.12 bits per heavy atom. The van der Waals surface area contributed by atoms with Gasteiger partial charge >= 0.3 is 0 Å². The molecule has 2 aromatic rings. The summed E-state index contributed by atoms with van der Waals surface area (Å²) in [6, 6.07) is 1.94. The van der Waals surface area contributed by atoms with Crippen LogP contribution >= 0.6 is 11.3 Å². The van der Waals surface area contributed by atoms with Gasteiger partial charge < -0.3 is 10.5 Å². The Balaban J connectivity index is 2.28. The Morgan fingerprint density at radius 1 is 1.31 bits per heavy atom. The molecule has 2 heterocycles. The number of thiazole rings is 1. The first-order valence-electron chi connectivity index (χ1n) is 4.98. The van der Waals surface area contributed by atoms with Crippen molar-refractivity contribution in [2.24, 2.45) is 0 Å². The largest absolute Gasteiger partial charge is 0.489 e. The Kier molecular flexibility index (Phi) is 3.05. The van der Waals surface area contributed by atoms with Gasteiger partial charge in [0, 0.05) is 18.0 Å². The van der Waals surface area contributed by atoms with Gasteiger partial charge in [-0.2, -0.15) is 0 Å². The van der Waals surface area contributed by atoms with Gasteiger partial charge in [-0.05, 0) is 19.9 Å². The van der Waals surface area contributed by atoms with Gasteiger partial charge in [-0.25, -0.2) is 4.98 Å². The lowest BCUT2D eigenvalue weighted by atomic mass is 10.2. The Hall–Kier alpha value is -1.62. The van der Waals surface area contributed by atoms with Crippen LogP contribution < -0.4 is 10.5 Å². The number of aromatic nitrogens is 2. The lowest BCUT2D eigenvalue weighted by Gasteiger charge is -2.09. The molecule has 0 aliphatic heterocycles. The number of rotatable bonds is 3. The fourth-order valence-corrected chi connectivity index (χ4v) is 1.98. The van der Waals surface area contributed by atoms with Crippen LogP contribution in [0.5, 0.6) is 5.75 Å². The van der Waals surface area contributed by atoms with Crippen molar-refractivity contribution >= 4 is 16.5 Å². The third-order valence-electron chi connectivity index (χ3n) is 1.89. The molecule has 0 amide bonds. The fourth-order valence-electron chi connectivity index (χ4n) is 1.31. The summed E-state index contributed by atoms with van der Waals surface area (Å²) in [7, 11) is 0. The number of nitrogens with zero attached hydrogens (tertiary/aromatic N) is 2. The van der Waals surface area contributed by atoms with Crippen molar-refractivity contribution in [2.75, 3.05) is 5.73 Å². The third-order valence-corrected chi connectivity index (χ3v) is 2.77. The van der Waals surface area contributed by atoms with E-state index in [1.807, 2.05) is 19.9 Å². The maximum Gasteiger partial charge on any atom is 0.180 e. The second-order valence-electron chi connectivity index (χ2n) is 3.64. The normalized spacial score (nSPS) is 10.7. The molecule has 0 aliphatic rings. The zero-order valence-electron chi connectivity index (χ0n) is 9.18. The van der Waals surface area contributed by atoms with E-state index in [9.17, 15) is 0 Å². The van der Waals surface area contributed by atoms with Crippen LogP contribution in [0.1, 0.15) is 13.8 Å². The number of nitrogen functional groups attached to an aromatic ring is 1. The zero-order valence-corrected chi connectivity index (χ0v) is 9.99. The number of ether oxygens (including phenoxy) is 1. The van der Waals surface area contributed by atoms with Crippen LogP contribution in [0.25, 0.3) is 10.4 Å². The standard InChI is InChI=1S/C11H13N3OS/c1-7(2)15-9-3-8(4-13-5-9)10-6-14-11(12)16-10/h3-7H,1-2H3,(H2,12,14). The van der Waals surface area contributed by atoms with Crippen molar-refractivity contribution in [1.82, 2.24) is 9.97 Å². The maximum atomic E-state index is 5.59.